The first-order valence-corrected chi connectivity index (χ1v) is 13.3. The predicted molar refractivity (Wildman–Crippen MR) is 154 cm³/mol. The zero-order chi connectivity index (χ0) is 27.4. The van der Waals surface area contributed by atoms with Crippen LogP contribution in [0.2, 0.25) is 0 Å². The van der Waals surface area contributed by atoms with E-state index in [0.717, 1.165) is 16.8 Å². The summed E-state index contributed by atoms with van der Waals surface area (Å²) in [4.78, 5) is 45.6. The van der Waals surface area contributed by atoms with Crippen molar-refractivity contribution in [1.82, 2.24) is 0 Å². The molecule has 4 atom stereocenters. The van der Waals surface area contributed by atoms with E-state index in [9.17, 15) is 14.4 Å². The Balaban J connectivity index is 1.52. The minimum absolute atomic E-state index is 0.198. The van der Waals surface area contributed by atoms with Crippen molar-refractivity contribution in [1.29, 1.82) is 0 Å². The molecule has 1 amide bonds. The Labute approximate surface area is 231 Å². The SMILES string of the molecule is COc1ccc(C(=O)[C@@H]2[C@H](C(=O)c3ccccc3)N3c4ccccc4C=C[C@H]3[C@]23C(=O)Nc2ccccc23)cc1. The van der Waals surface area contributed by atoms with E-state index in [0.29, 0.717) is 22.6 Å². The molecule has 196 valence electrons. The monoisotopic (exact) mass is 526 g/mol. The molecular weight excluding hydrogens is 500 g/mol. The Kier molecular flexibility index (Phi) is 5.46. The summed E-state index contributed by atoms with van der Waals surface area (Å²) in [5, 5.41) is 3.06. The van der Waals surface area contributed by atoms with Crippen molar-refractivity contribution in [3.8, 4) is 5.75 Å². The van der Waals surface area contributed by atoms with E-state index in [-0.39, 0.29) is 17.5 Å². The summed E-state index contributed by atoms with van der Waals surface area (Å²) < 4.78 is 5.32. The van der Waals surface area contributed by atoms with Gasteiger partial charge in [0, 0.05) is 22.5 Å². The van der Waals surface area contributed by atoms with Crippen LogP contribution in [0.4, 0.5) is 11.4 Å². The van der Waals surface area contributed by atoms with Gasteiger partial charge in [0.15, 0.2) is 11.6 Å². The molecule has 3 heterocycles. The number of anilines is 2. The van der Waals surface area contributed by atoms with E-state index in [1.807, 2.05) is 83.8 Å². The van der Waals surface area contributed by atoms with Crippen LogP contribution >= 0.6 is 0 Å². The molecule has 0 saturated carbocycles. The van der Waals surface area contributed by atoms with E-state index in [4.69, 9.17) is 4.74 Å². The second-order valence-electron chi connectivity index (χ2n) is 10.4. The van der Waals surface area contributed by atoms with E-state index < -0.39 is 23.4 Å². The number of para-hydroxylation sites is 2. The number of ether oxygens (including phenoxy) is 1. The quantitative estimate of drug-likeness (QED) is 0.345. The molecule has 4 aromatic carbocycles. The van der Waals surface area contributed by atoms with Gasteiger partial charge in [-0.1, -0.05) is 78.9 Å². The minimum atomic E-state index is -1.33. The van der Waals surface area contributed by atoms with Gasteiger partial charge < -0.3 is 15.0 Å². The molecule has 7 rings (SSSR count). The number of fused-ring (bicyclic) bond motifs is 6. The highest BCUT2D eigenvalue weighted by atomic mass is 16.5. The van der Waals surface area contributed by atoms with Crippen molar-refractivity contribution >= 4 is 34.9 Å². The van der Waals surface area contributed by atoms with Crippen molar-refractivity contribution in [3.63, 3.8) is 0 Å². The zero-order valence-electron chi connectivity index (χ0n) is 21.8. The lowest BCUT2D eigenvalue weighted by atomic mass is 9.64. The third-order valence-electron chi connectivity index (χ3n) is 8.53. The lowest BCUT2D eigenvalue weighted by molar-refractivity contribution is -0.121. The van der Waals surface area contributed by atoms with Gasteiger partial charge >= 0.3 is 0 Å². The van der Waals surface area contributed by atoms with E-state index in [2.05, 4.69) is 5.32 Å². The van der Waals surface area contributed by atoms with Gasteiger partial charge in [0.2, 0.25) is 5.91 Å². The molecule has 6 heteroatoms. The molecule has 6 nitrogen and oxygen atoms in total. The fourth-order valence-electron chi connectivity index (χ4n) is 6.83. The van der Waals surface area contributed by atoms with Gasteiger partial charge in [-0.05, 0) is 47.5 Å². The van der Waals surface area contributed by atoms with Crippen molar-refractivity contribution in [2.24, 2.45) is 5.92 Å². The van der Waals surface area contributed by atoms with Crippen LogP contribution in [0.3, 0.4) is 0 Å². The van der Waals surface area contributed by atoms with Gasteiger partial charge in [0.05, 0.1) is 19.1 Å². The van der Waals surface area contributed by atoms with E-state index in [1.54, 1.807) is 43.5 Å². The Bertz CT molecular complexity index is 1690. The minimum Gasteiger partial charge on any atom is -0.497 e. The van der Waals surface area contributed by atoms with Crippen molar-refractivity contribution < 1.29 is 19.1 Å². The first-order chi connectivity index (χ1) is 19.6. The Hall–Kier alpha value is -4.97. The number of rotatable bonds is 5. The first-order valence-electron chi connectivity index (χ1n) is 13.3. The van der Waals surface area contributed by atoms with Gasteiger partial charge in [-0.2, -0.15) is 0 Å². The summed E-state index contributed by atoms with van der Waals surface area (Å²) in [6.45, 7) is 0. The summed E-state index contributed by atoms with van der Waals surface area (Å²) in [6.07, 6.45) is 3.98. The topological polar surface area (TPSA) is 75.7 Å². The number of hydrogen-bond donors (Lipinski definition) is 1. The standard InChI is InChI=1S/C34H26N2O4/c1-40-24-18-15-23(16-19-24)31(37)29-30(32(38)22-10-3-2-4-11-22)36-27-14-8-5-9-21(27)17-20-28(36)34(29)25-12-6-7-13-26(25)35-33(34)39/h2-20,28-30H,1H3,(H,35,39)/t28-,29-,30+,34-/m0/s1. The second-order valence-corrected chi connectivity index (χ2v) is 10.4. The Morgan fingerprint density at radius 3 is 2.25 bits per heavy atom. The lowest BCUT2D eigenvalue weighted by Gasteiger charge is -2.37. The summed E-state index contributed by atoms with van der Waals surface area (Å²) >= 11 is 0. The summed E-state index contributed by atoms with van der Waals surface area (Å²) in [5.41, 5.74) is 2.75. The molecule has 4 aromatic rings. The molecule has 0 aromatic heterocycles. The maximum atomic E-state index is 14.7. The highest BCUT2D eigenvalue weighted by molar-refractivity contribution is 6.18. The summed E-state index contributed by atoms with van der Waals surface area (Å²) in [7, 11) is 1.57. The zero-order valence-corrected chi connectivity index (χ0v) is 21.8. The fourth-order valence-corrected chi connectivity index (χ4v) is 6.83. The third-order valence-corrected chi connectivity index (χ3v) is 8.53. The summed E-state index contributed by atoms with van der Waals surface area (Å²) in [6, 6.07) is 29.7. The van der Waals surface area contributed by atoms with Crippen LogP contribution in [0.15, 0.2) is 109 Å². The highest BCUT2D eigenvalue weighted by Crippen LogP contribution is 2.58. The van der Waals surface area contributed by atoms with Crippen LogP contribution in [0, 0.1) is 5.92 Å². The van der Waals surface area contributed by atoms with Gasteiger partial charge in [-0.3, -0.25) is 14.4 Å². The van der Waals surface area contributed by atoms with Crippen molar-refractivity contribution in [2.75, 3.05) is 17.3 Å². The maximum Gasteiger partial charge on any atom is 0.238 e. The number of Topliss-reactive ketones (excluding diaryl/α,β-unsaturated/α-hetero) is 2. The molecule has 0 unspecified atom stereocenters. The molecule has 0 radical (unpaired) electrons. The molecule has 3 aliphatic rings. The number of carbonyl (C=O) groups is 3. The van der Waals surface area contributed by atoms with Crippen LogP contribution in [0.25, 0.3) is 6.08 Å². The molecule has 0 bridgehead atoms. The number of ketones is 2. The van der Waals surface area contributed by atoms with Gasteiger partial charge in [0.25, 0.3) is 0 Å². The highest BCUT2D eigenvalue weighted by Gasteiger charge is 2.70. The fraction of sp³-hybridized carbons (Fsp3) is 0.147. The predicted octanol–water partition coefficient (Wildman–Crippen LogP) is 5.55. The number of methoxy groups -OCH3 is 1. The number of amides is 1. The van der Waals surface area contributed by atoms with Crippen LogP contribution < -0.4 is 15.0 Å². The van der Waals surface area contributed by atoms with Crippen LogP contribution in [0.5, 0.6) is 5.75 Å². The maximum absolute atomic E-state index is 14.7. The van der Waals surface area contributed by atoms with Crippen LogP contribution in [-0.2, 0) is 10.2 Å². The Morgan fingerprint density at radius 2 is 1.48 bits per heavy atom. The average molecular weight is 527 g/mol. The van der Waals surface area contributed by atoms with E-state index in [1.165, 1.54) is 0 Å². The van der Waals surface area contributed by atoms with Crippen LogP contribution in [0.1, 0.15) is 31.8 Å². The molecule has 3 aliphatic heterocycles. The molecule has 40 heavy (non-hydrogen) atoms. The number of nitrogens with one attached hydrogen (secondary N) is 1. The van der Waals surface area contributed by atoms with Gasteiger partial charge in [0.1, 0.15) is 17.2 Å². The number of benzene rings is 4. The summed E-state index contributed by atoms with van der Waals surface area (Å²) in [5.74, 6) is -1.12. The normalized spacial score (nSPS) is 23.8. The van der Waals surface area contributed by atoms with Crippen molar-refractivity contribution in [2.45, 2.75) is 17.5 Å². The Morgan fingerprint density at radius 1 is 0.800 bits per heavy atom. The number of hydrogen-bond acceptors (Lipinski definition) is 5. The average Bonchev–Trinajstić information content (AvgIpc) is 3.49. The lowest BCUT2D eigenvalue weighted by Crippen LogP contribution is -2.51. The van der Waals surface area contributed by atoms with Crippen molar-refractivity contribution in [3.05, 3.63) is 131 Å². The number of nitrogens with zero attached hydrogens (tertiary/aromatic N) is 1. The third kappa shape index (κ3) is 3.26. The smallest absolute Gasteiger partial charge is 0.238 e. The molecule has 1 spiro atoms. The van der Waals surface area contributed by atoms with Crippen LogP contribution in [-0.4, -0.2) is 36.7 Å². The molecule has 1 saturated heterocycles. The van der Waals surface area contributed by atoms with Gasteiger partial charge in [-0.25, -0.2) is 0 Å². The second kappa shape index (κ2) is 9.06. The molecule has 1 fully saturated rings. The molecular formula is C34H26N2O4. The first kappa shape index (κ1) is 24.1. The molecule has 1 N–H and O–H groups in total. The molecule has 0 aliphatic carbocycles. The number of carbonyl (C=O) groups excluding carboxylic acids is 3. The largest absolute Gasteiger partial charge is 0.497 e. The van der Waals surface area contributed by atoms with E-state index >= 15 is 0 Å². The van der Waals surface area contributed by atoms with Gasteiger partial charge in [-0.15, -0.1) is 0 Å².